The Morgan fingerprint density at radius 3 is 2.38 bits per heavy atom. The van der Waals surface area contributed by atoms with Crippen LogP contribution in [0.25, 0.3) is 0 Å². The second kappa shape index (κ2) is 11.3. The molecule has 2 aliphatic heterocycles. The maximum atomic E-state index is 12.8. The van der Waals surface area contributed by atoms with Gasteiger partial charge in [-0.15, -0.1) is 0 Å². The lowest BCUT2D eigenvalue weighted by Gasteiger charge is -2.31. The van der Waals surface area contributed by atoms with E-state index in [1.54, 1.807) is 28.6 Å². The summed E-state index contributed by atoms with van der Waals surface area (Å²) in [4.78, 5) is 15.5. The van der Waals surface area contributed by atoms with Crippen LogP contribution in [0.3, 0.4) is 0 Å². The Bertz CT molecular complexity index is 1060. The minimum absolute atomic E-state index is 0.00429. The molecule has 7 nitrogen and oxygen atoms in total. The second-order valence-electron chi connectivity index (χ2n) is 9.11. The number of carbonyl (C=O) groups is 1. The predicted molar refractivity (Wildman–Crippen MR) is 133 cm³/mol. The first kappa shape index (κ1) is 24.7. The zero-order chi connectivity index (χ0) is 24.0. The third-order valence-corrected chi connectivity index (χ3v) is 8.56. The highest BCUT2D eigenvalue weighted by molar-refractivity contribution is 7.89. The van der Waals surface area contributed by atoms with E-state index in [-0.39, 0.29) is 16.7 Å². The van der Waals surface area contributed by atoms with Crippen molar-refractivity contribution in [2.75, 3.05) is 38.1 Å². The number of ether oxygens (including phenoxy) is 1. The number of nitrogens with zero attached hydrogens (tertiary/aromatic N) is 2. The van der Waals surface area contributed by atoms with Crippen LogP contribution in [0.15, 0.2) is 53.4 Å². The topological polar surface area (TPSA) is 79.0 Å². The number of carbonyl (C=O) groups excluding carboxylic acids is 1. The van der Waals surface area contributed by atoms with Crippen molar-refractivity contribution in [3.8, 4) is 5.75 Å². The molecule has 2 saturated heterocycles. The molecule has 2 aromatic rings. The van der Waals surface area contributed by atoms with Gasteiger partial charge in [0.2, 0.25) is 15.9 Å². The highest BCUT2D eigenvalue weighted by atomic mass is 32.2. The van der Waals surface area contributed by atoms with Gasteiger partial charge in [0.1, 0.15) is 5.75 Å². The molecule has 0 radical (unpaired) electrons. The van der Waals surface area contributed by atoms with E-state index in [9.17, 15) is 13.2 Å². The highest BCUT2D eigenvalue weighted by Crippen LogP contribution is 2.24. The van der Waals surface area contributed by atoms with Crippen LogP contribution in [0.2, 0.25) is 0 Å². The van der Waals surface area contributed by atoms with Gasteiger partial charge in [0.25, 0.3) is 0 Å². The predicted octanol–water partition coefficient (Wildman–Crippen LogP) is 4.11. The van der Waals surface area contributed by atoms with E-state index in [0.29, 0.717) is 25.4 Å². The van der Waals surface area contributed by atoms with Gasteiger partial charge in [-0.05, 0) is 87.7 Å². The summed E-state index contributed by atoms with van der Waals surface area (Å²) < 4.78 is 32.8. The number of piperidine rings is 2. The van der Waals surface area contributed by atoms with Crippen LogP contribution in [0, 0.1) is 5.92 Å². The van der Waals surface area contributed by atoms with Crippen LogP contribution < -0.4 is 10.1 Å². The molecule has 2 aromatic carbocycles. The summed E-state index contributed by atoms with van der Waals surface area (Å²) in [5.74, 6) is 0.858. The van der Waals surface area contributed by atoms with Crippen molar-refractivity contribution in [1.29, 1.82) is 0 Å². The fraction of sp³-hybridized carbons (Fsp3) is 0.500. The maximum absolute atomic E-state index is 12.8. The third-order valence-electron chi connectivity index (χ3n) is 6.65. The molecule has 2 heterocycles. The van der Waals surface area contributed by atoms with Crippen molar-refractivity contribution in [1.82, 2.24) is 9.21 Å². The Morgan fingerprint density at radius 2 is 1.71 bits per heavy atom. The Balaban J connectivity index is 1.27. The molecule has 2 fully saturated rings. The molecule has 1 N–H and O–H groups in total. The number of amides is 1. The van der Waals surface area contributed by atoms with Gasteiger partial charge in [-0.1, -0.05) is 18.6 Å². The number of sulfonamides is 1. The molecule has 0 bridgehead atoms. The molecule has 0 unspecified atom stereocenters. The van der Waals surface area contributed by atoms with Gasteiger partial charge >= 0.3 is 0 Å². The molecule has 0 saturated carbocycles. The monoisotopic (exact) mass is 485 g/mol. The molecule has 8 heteroatoms. The van der Waals surface area contributed by atoms with Gasteiger partial charge in [-0.3, -0.25) is 9.69 Å². The molecule has 0 spiro atoms. The highest BCUT2D eigenvalue weighted by Gasteiger charge is 2.27. The Kier molecular flexibility index (Phi) is 8.24. The number of benzene rings is 2. The van der Waals surface area contributed by atoms with Gasteiger partial charge < -0.3 is 10.1 Å². The molecule has 0 atom stereocenters. The zero-order valence-corrected chi connectivity index (χ0v) is 20.7. The van der Waals surface area contributed by atoms with Crippen LogP contribution in [-0.2, 0) is 21.4 Å². The maximum Gasteiger partial charge on any atom is 0.243 e. The van der Waals surface area contributed by atoms with E-state index in [0.717, 1.165) is 57.5 Å². The SMILES string of the molecule is CCOc1cccc(CN2CCC(C(=O)Nc3ccc(S(=O)(=O)N4CCCCC4)cc3)CC2)c1. The van der Waals surface area contributed by atoms with Gasteiger partial charge in [-0.2, -0.15) is 4.31 Å². The van der Waals surface area contributed by atoms with Crippen LogP contribution in [-0.4, -0.2) is 56.3 Å². The van der Waals surface area contributed by atoms with Crippen LogP contribution >= 0.6 is 0 Å². The van der Waals surface area contributed by atoms with Crippen LogP contribution in [0.4, 0.5) is 5.69 Å². The van der Waals surface area contributed by atoms with Gasteiger partial charge in [0, 0.05) is 31.2 Å². The quantitative estimate of drug-likeness (QED) is 0.609. The Labute approximate surface area is 203 Å². The summed E-state index contributed by atoms with van der Waals surface area (Å²) >= 11 is 0. The number of anilines is 1. The summed E-state index contributed by atoms with van der Waals surface area (Å²) in [7, 11) is -3.46. The first-order valence-corrected chi connectivity index (χ1v) is 13.7. The molecule has 0 aliphatic carbocycles. The summed E-state index contributed by atoms with van der Waals surface area (Å²) in [6.07, 6.45) is 4.51. The largest absolute Gasteiger partial charge is 0.494 e. The number of likely N-dealkylation sites (tertiary alicyclic amines) is 1. The number of hydrogen-bond donors (Lipinski definition) is 1. The second-order valence-corrected chi connectivity index (χ2v) is 11.0. The van der Waals surface area contributed by atoms with Crippen molar-refractivity contribution in [2.24, 2.45) is 5.92 Å². The van der Waals surface area contributed by atoms with Gasteiger partial charge in [0.15, 0.2) is 0 Å². The molecule has 4 rings (SSSR count). The third kappa shape index (κ3) is 6.17. The molecule has 2 aliphatic rings. The number of nitrogens with one attached hydrogen (secondary N) is 1. The van der Waals surface area contributed by atoms with Crippen molar-refractivity contribution in [2.45, 2.75) is 50.5 Å². The van der Waals surface area contributed by atoms with E-state index in [2.05, 4.69) is 22.3 Å². The van der Waals surface area contributed by atoms with Crippen molar-refractivity contribution in [3.63, 3.8) is 0 Å². The van der Waals surface area contributed by atoms with E-state index in [1.165, 1.54) is 5.56 Å². The molecule has 34 heavy (non-hydrogen) atoms. The van der Waals surface area contributed by atoms with E-state index >= 15 is 0 Å². The van der Waals surface area contributed by atoms with Gasteiger partial charge in [0.05, 0.1) is 11.5 Å². The number of hydrogen-bond acceptors (Lipinski definition) is 5. The summed E-state index contributed by atoms with van der Waals surface area (Å²) in [6, 6.07) is 14.7. The fourth-order valence-corrected chi connectivity index (χ4v) is 6.24. The molecule has 184 valence electrons. The Morgan fingerprint density at radius 1 is 1.00 bits per heavy atom. The van der Waals surface area contributed by atoms with E-state index in [4.69, 9.17) is 4.74 Å². The molecular weight excluding hydrogens is 450 g/mol. The first-order chi connectivity index (χ1) is 16.5. The average molecular weight is 486 g/mol. The molecular formula is C26H35N3O4S. The average Bonchev–Trinajstić information content (AvgIpc) is 2.86. The van der Waals surface area contributed by atoms with Crippen LogP contribution in [0.1, 0.15) is 44.6 Å². The summed E-state index contributed by atoms with van der Waals surface area (Å²) in [5.41, 5.74) is 1.85. The van der Waals surface area contributed by atoms with Crippen molar-refractivity contribution < 1.29 is 17.9 Å². The lowest BCUT2D eigenvalue weighted by molar-refractivity contribution is -0.121. The zero-order valence-electron chi connectivity index (χ0n) is 19.9. The molecule has 0 aromatic heterocycles. The lowest BCUT2D eigenvalue weighted by Crippen LogP contribution is -2.37. The fourth-order valence-electron chi connectivity index (χ4n) is 4.72. The van der Waals surface area contributed by atoms with E-state index in [1.807, 2.05) is 19.1 Å². The summed E-state index contributed by atoms with van der Waals surface area (Å²) in [5, 5.41) is 2.97. The normalized spacial score (nSPS) is 18.5. The lowest BCUT2D eigenvalue weighted by atomic mass is 9.95. The van der Waals surface area contributed by atoms with Crippen molar-refractivity contribution in [3.05, 3.63) is 54.1 Å². The first-order valence-electron chi connectivity index (χ1n) is 12.3. The summed E-state index contributed by atoms with van der Waals surface area (Å²) in [6.45, 7) is 6.38. The smallest absolute Gasteiger partial charge is 0.243 e. The van der Waals surface area contributed by atoms with Gasteiger partial charge in [-0.25, -0.2) is 8.42 Å². The minimum atomic E-state index is -3.46. The minimum Gasteiger partial charge on any atom is -0.494 e. The number of rotatable bonds is 8. The molecule has 1 amide bonds. The standard InChI is InChI=1S/C26H35N3O4S/c1-2-33-24-8-6-7-21(19-24)20-28-17-13-22(14-18-28)26(30)27-23-9-11-25(12-10-23)34(31,32)29-15-4-3-5-16-29/h6-12,19,22H,2-5,13-18,20H2,1H3,(H,27,30). The Hall–Kier alpha value is -2.42. The van der Waals surface area contributed by atoms with Crippen molar-refractivity contribution >= 4 is 21.6 Å². The van der Waals surface area contributed by atoms with E-state index < -0.39 is 10.0 Å². The van der Waals surface area contributed by atoms with Crippen LogP contribution in [0.5, 0.6) is 5.75 Å².